The molecule has 0 saturated heterocycles. The Hall–Kier alpha value is -2.13. The largest absolute Gasteiger partial charge is 0.393 e. The smallest absolute Gasteiger partial charge is 0.224 e. The summed E-state index contributed by atoms with van der Waals surface area (Å²) in [5.74, 6) is -0.0106. The Morgan fingerprint density at radius 2 is 1.58 bits per heavy atom. The van der Waals surface area contributed by atoms with Crippen molar-refractivity contribution in [3.63, 3.8) is 0 Å². The molecular weight excluding hydrogens is 298 g/mol. The molecule has 0 bridgehead atoms. The fraction of sp³-hybridized carbons (Fsp3) is 0.381. The van der Waals surface area contributed by atoms with E-state index in [2.05, 4.69) is 17.4 Å². The molecule has 0 heterocycles. The standard InChI is InChI=1S/C21H27NO2/c1-21(2,3)19(23)13-14-22-20(24)15-16-9-11-18(12-10-16)17-7-5-4-6-8-17/h4-12,19,23H,13-15H2,1-3H3,(H,22,24). The van der Waals surface area contributed by atoms with E-state index in [0.717, 1.165) is 11.1 Å². The Morgan fingerprint density at radius 3 is 2.17 bits per heavy atom. The van der Waals surface area contributed by atoms with Crippen molar-refractivity contribution < 1.29 is 9.90 Å². The Balaban J connectivity index is 1.82. The molecule has 0 spiro atoms. The summed E-state index contributed by atoms with van der Waals surface area (Å²) in [6, 6.07) is 18.2. The number of carbonyl (C=O) groups excluding carboxylic acids is 1. The molecule has 3 nitrogen and oxygen atoms in total. The van der Waals surface area contributed by atoms with Crippen LogP contribution in [0.25, 0.3) is 11.1 Å². The van der Waals surface area contributed by atoms with Gasteiger partial charge in [-0.25, -0.2) is 0 Å². The molecular formula is C21H27NO2. The molecule has 3 heteroatoms. The van der Waals surface area contributed by atoms with Crippen molar-refractivity contribution in [3.05, 3.63) is 60.2 Å². The number of hydrogen-bond acceptors (Lipinski definition) is 2. The SMILES string of the molecule is CC(C)(C)C(O)CCNC(=O)Cc1ccc(-c2ccccc2)cc1. The lowest BCUT2D eigenvalue weighted by atomic mass is 9.87. The first kappa shape index (κ1) is 18.2. The number of rotatable bonds is 6. The van der Waals surface area contributed by atoms with Crippen LogP contribution in [-0.2, 0) is 11.2 Å². The molecule has 2 aromatic rings. The van der Waals surface area contributed by atoms with Gasteiger partial charge in [0.1, 0.15) is 0 Å². The molecule has 0 saturated carbocycles. The number of aliphatic hydroxyl groups excluding tert-OH is 1. The molecule has 0 radical (unpaired) electrons. The molecule has 0 aliphatic carbocycles. The second kappa shape index (κ2) is 8.11. The van der Waals surface area contributed by atoms with Crippen LogP contribution in [0.3, 0.4) is 0 Å². The number of nitrogens with one attached hydrogen (secondary N) is 1. The predicted octanol–water partition coefficient (Wildman–Crippen LogP) is 3.81. The van der Waals surface area contributed by atoms with Crippen molar-refractivity contribution >= 4 is 5.91 Å². The van der Waals surface area contributed by atoms with Gasteiger partial charge in [0, 0.05) is 6.54 Å². The van der Waals surface area contributed by atoms with Crippen LogP contribution in [0.15, 0.2) is 54.6 Å². The number of aliphatic hydroxyl groups is 1. The average Bonchev–Trinajstić information content (AvgIpc) is 2.55. The maximum atomic E-state index is 12.0. The van der Waals surface area contributed by atoms with Gasteiger partial charge in [0.05, 0.1) is 12.5 Å². The third-order valence-electron chi connectivity index (χ3n) is 4.17. The topological polar surface area (TPSA) is 49.3 Å². The maximum Gasteiger partial charge on any atom is 0.224 e. The van der Waals surface area contributed by atoms with E-state index in [4.69, 9.17) is 0 Å². The molecule has 2 rings (SSSR count). The summed E-state index contributed by atoms with van der Waals surface area (Å²) in [5.41, 5.74) is 3.15. The molecule has 128 valence electrons. The van der Waals surface area contributed by atoms with Crippen LogP contribution < -0.4 is 5.32 Å². The zero-order valence-electron chi connectivity index (χ0n) is 14.8. The molecule has 24 heavy (non-hydrogen) atoms. The fourth-order valence-electron chi connectivity index (χ4n) is 2.47. The summed E-state index contributed by atoms with van der Waals surface area (Å²) in [6.07, 6.45) is 0.519. The van der Waals surface area contributed by atoms with E-state index >= 15 is 0 Å². The van der Waals surface area contributed by atoms with Gasteiger partial charge in [0.2, 0.25) is 5.91 Å². The van der Waals surface area contributed by atoms with Crippen LogP contribution in [0.2, 0.25) is 0 Å². The van der Waals surface area contributed by atoms with E-state index in [-0.39, 0.29) is 11.3 Å². The quantitative estimate of drug-likeness (QED) is 0.848. The van der Waals surface area contributed by atoms with E-state index < -0.39 is 6.10 Å². The Labute approximate surface area is 144 Å². The van der Waals surface area contributed by atoms with Gasteiger partial charge in [0.15, 0.2) is 0 Å². The van der Waals surface area contributed by atoms with Crippen molar-refractivity contribution in [2.45, 2.75) is 39.7 Å². The summed E-state index contributed by atoms with van der Waals surface area (Å²) in [7, 11) is 0. The summed E-state index contributed by atoms with van der Waals surface area (Å²) >= 11 is 0. The van der Waals surface area contributed by atoms with E-state index in [1.54, 1.807) is 0 Å². The highest BCUT2D eigenvalue weighted by atomic mass is 16.3. The fourth-order valence-corrected chi connectivity index (χ4v) is 2.47. The van der Waals surface area contributed by atoms with Gasteiger partial charge >= 0.3 is 0 Å². The lowest BCUT2D eigenvalue weighted by molar-refractivity contribution is -0.120. The number of amides is 1. The molecule has 1 atom stereocenters. The number of carbonyl (C=O) groups is 1. The van der Waals surface area contributed by atoms with Crippen LogP contribution in [0.1, 0.15) is 32.8 Å². The zero-order valence-corrected chi connectivity index (χ0v) is 14.8. The number of hydrogen-bond donors (Lipinski definition) is 2. The summed E-state index contributed by atoms with van der Waals surface area (Å²) < 4.78 is 0. The molecule has 0 aliphatic heterocycles. The first-order chi connectivity index (χ1) is 11.4. The second-order valence-electron chi connectivity index (χ2n) is 7.26. The minimum atomic E-state index is -0.414. The maximum absolute atomic E-state index is 12.0. The first-order valence-corrected chi connectivity index (χ1v) is 8.45. The Bertz CT molecular complexity index is 642. The highest BCUT2D eigenvalue weighted by Gasteiger charge is 2.21. The highest BCUT2D eigenvalue weighted by Crippen LogP contribution is 2.21. The summed E-state index contributed by atoms with van der Waals surface area (Å²) in [4.78, 5) is 12.0. The van der Waals surface area contributed by atoms with Crippen molar-refractivity contribution in [1.82, 2.24) is 5.32 Å². The van der Waals surface area contributed by atoms with E-state index in [0.29, 0.717) is 19.4 Å². The molecule has 0 aliphatic rings. The molecule has 2 aromatic carbocycles. The van der Waals surface area contributed by atoms with E-state index in [9.17, 15) is 9.90 Å². The average molecular weight is 325 g/mol. The molecule has 1 unspecified atom stereocenters. The Kier molecular flexibility index (Phi) is 6.16. The molecule has 0 aromatic heterocycles. The van der Waals surface area contributed by atoms with Gasteiger partial charge in [0.25, 0.3) is 0 Å². The minimum absolute atomic E-state index is 0.0106. The molecule has 1 amide bonds. The van der Waals surface area contributed by atoms with Crippen LogP contribution >= 0.6 is 0 Å². The lowest BCUT2D eigenvalue weighted by Crippen LogP contribution is -2.33. The van der Waals surface area contributed by atoms with Crippen LogP contribution in [0.4, 0.5) is 0 Å². The van der Waals surface area contributed by atoms with Gasteiger partial charge in [-0.15, -0.1) is 0 Å². The predicted molar refractivity (Wildman–Crippen MR) is 98.7 cm³/mol. The van der Waals surface area contributed by atoms with Gasteiger partial charge in [-0.05, 0) is 28.5 Å². The normalized spacial score (nSPS) is 12.7. The monoisotopic (exact) mass is 325 g/mol. The Morgan fingerprint density at radius 1 is 1.00 bits per heavy atom. The minimum Gasteiger partial charge on any atom is -0.393 e. The van der Waals surface area contributed by atoms with E-state index in [1.807, 2.05) is 63.2 Å². The lowest BCUT2D eigenvalue weighted by Gasteiger charge is -2.25. The van der Waals surface area contributed by atoms with Crippen LogP contribution in [0, 0.1) is 5.41 Å². The van der Waals surface area contributed by atoms with Crippen molar-refractivity contribution in [1.29, 1.82) is 0 Å². The molecule has 0 fully saturated rings. The third kappa shape index (κ3) is 5.50. The van der Waals surface area contributed by atoms with Crippen molar-refractivity contribution in [2.75, 3.05) is 6.54 Å². The van der Waals surface area contributed by atoms with Gasteiger partial charge in [-0.1, -0.05) is 75.4 Å². The van der Waals surface area contributed by atoms with Crippen LogP contribution in [-0.4, -0.2) is 23.7 Å². The number of benzene rings is 2. The van der Waals surface area contributed by atoms with Crippen molar-refractivity contribution in [2.24, 2.45) is 5.41 Å². The summed E-state index contributed by atoms with van der Waals surface area (Å²) in [5, 5.41) is 12.9. The van der Waals surface area contributed by atoms with Gasteiger partial charge in [-0.3, -0.25) is 4.79 Å². The van der Waals surface area contributed by atoms with E-state index in [1.165, 1.54) is 5.56 Å². The van der Waals surface area contributed by atoms with Gasteiger partial charge < -0.3 is 10.4 Å². The first-order valence-electron chi connectivity index (χ1n) is 8.45. The molecule has 2 N–H and O–H groups in total. The van der Waals surface area contributed by atoms with Crippen LogP contribution in [0.5, 0.6) is 0 Å². The zero-order chi connectivity index (χ0) is 17.6. The van der Waals surface area contributed by atoms with Crippen molar-refractivity contribution in [3.8, 4) is 11.1 Å². The van der Waals surface area contributed by atoms with Gasteiger partial charge in [-0.2, -0.15) is 0 Å². The second-order valence-corrected chi connectivity index (χ2v) is 7.26. The third-order valence-corrected chi connectivity index (χ3v) is 4.17. The summed E-state index contributed by atoms with van der Waals surface area (Å²) in [6.45, 7) is 6.48. The highest BCUT2D eigenvalue weighted by molar-refractivity contribution is 5.78.